The minimum Gasteiger partial charge on any atom is -0.344 e. The molecule has 2 aromatic rings. The molecule has 0 fully saturated rings. The Kier molecular flexibility index (Phi) is 3.61. The van der Waals surface area contributed by atoms with E-state index in [-0.39, 0.29) is 0 Å². The summed E-state index contributed by atoms with van der Waals surface area (Å²) in [6.07, 6.45) is 0. The highest BCUT2D eigenvalue weighted by Gasteiger charge is 2.08. The van der Waals surface area contributed by atoms with Crippen molar-refractivity contribution in [3.8, 4) is 6.07 Å². The van der Waals surface area contributed by atoms with Gasteiger partial charge in [-0.05, 0) is 29.8 Å². The second-order valence-electron chi connectivity index (χ2n) is 4.06. The fourth-order valence-electron chi connectivity index (χ4n) is 1.86. The Morgan fingerprint density at radius 3 is 2.39 bits per heavy atom. The number of nitrogens with zero attached hydrogens (tertiary/aromatic N) is 2. The van der Waals surface area contributed by atoms with E-state index in [1.54, 1.807) is 0 Å². The molecule has 0 aliphatic rings. The van der Waals surface area contributed by atoms with Crippen LogP contribution in [0.4, 0.5) is 11.4 Å². The lowest BCUT2D eigenvalue weighted by Crippen LogP contribution is -2.11. The average molecular weight is 237 g/mol. The maximum absolute atomic E-state index is 9.10. The Labute approximate surface area is 107 Å². The fraction of sp³-hybridized carbons (Fsp3) is 0.133. The predicted molar refractivity (Wildman–Crippen MR) is 73.6 cm³/mol. The predicted octanol–water partition coefficient (Wildman–Crippen LogP) is 2.78. The van der Waals surface area contributed by atoms with Crippen LogP contribution >= 0.6 is 0 Å². The van der Waals surface area contributed by atoms with Gasteiger partial charge >= 0.3 is 0 Å². The fourth-order valence-corrected chi connectivity index (χ4v) is 1.86. The van der Waals surface area contributed by atoms with E-state index in [0.29, 0.717) is 12.1 Å². The van der Waals surface area contributed by atoms with Crippen LogP contribution in [0, 0.1) is 11.3 Å². The molecule has 0 saturated carbocycles. The van der Waals surface area contributed by atoms with Gasteiger partial charge in [-0.25, -0.2) is 0 Å². The van der Waals surface area contributed by atoms with Gasteiger partial charge < -0.3 is 10.6 Å². The van der Waals surface area contributed by atoms with E-state index in [4.69, 9.17) is 11.0 Å². The minimum absolute atomic E-state index is 0.540. The molecular weight excluding hydrogens is 222 g/mol. The van der Waals surface area contributed by atoms with Crippen molar-refractivity contribution in [3.63, 3.8) is 0 Å². The van der Waals surface area contributed by atoms with Gasteiger partial charge in [0.25, 0.3) is 0 Å². The summed E-state index contributed by atoms with van der Waals surface area (Å²) in [4.78, 5) is 2.00. The van der Waals surface area contributed by atoms with E-state index >= 15 is 0 Å². The topological polar surface area (TPSA) is 53.0 Å². The molecule has 3 heteroatoms. The van der Waals surface area contributed by atoms with Gasteiger partial charge in [0, 0.05) is 19.3 Å². The normalized spacial score (nSPS) is 9.83. The third-order valence-corrected chi connectivity index (χ3v) is 2.95. The van der Waals surface area contributed by atoms with Crippen molar-refractivity contribution in [3.05, 3.63) is 59.7 Å². The van der Waals surface area contributed by atoms with Gasteiger partial charge in [-0.2, -0.15) is 5.26 Å². The molecule has 0 aliphatic carbocycles. The van der Waals surface area contributed by atoms with Crippen molar-refractivity contribution >= 4 is 11.4 Å². The molecule has 18 heavy (non-hydrogen) atoms. The Morgan fingerprint density at radius 2 is 1.78 bits per heavy atom. The summed E-state index contributed by atoms with van der Waals surface area (Å²) in [5.74, 6) is 0. The van der Waals surface area contributed by atoms with E-state index in [1.165, 1.54) is 0 Å². The molecule has 2 aromatic carbocycles. The van der Waals surface area contributed by atoms with Gasteiger partial charge in [-0.1, -0.05) is 24.3 Å². The summed E-state index contributed by atoms with van der Waals surface area (Å²) in [6, 6.07) is 17.8. The Morgan fingerprint density at radius 1 is 1.11 bits per heavy atom. The van der Waals surface area contributed by atoms with E-state index in [2.05, 4.69) is 6.07 Å². The molecule has 0 spiro atoms. The van der Waals surface area contributed by atoms with E-state index in [1.807, 2.05) is 60.5 Å². The van der Waals surface area contributed by atoms with Crippen LogP contribution in [-0.2, 0) is 6.54 Å². The lowest BCUT2D eigenvalue weighted by atomic mass is 10.1. The van der Waals surface area contributed by atoms with Crippen molar-refractivity contribution in [2.24, 2.45) is 5.73 Å². The Hall–Kier alpha value is -2.31. The molecule has 90 valence electrons. The third kappa shape index (κ3) is 2.34. The highest BCUT2D eigenvalue weighted by molar-refractivity contribution is 5.68. The molecule has 0 unspecified atom stereocenters. The van der Waals surface area contributed by atoms with Crippen molar-refractivity contribution in [1.29, 1.82) is 5.26 Å². The lowest BCUT2D eigenvalue weighted by molar-refractivity contribution is 1.07. The first kappa shape index (κ1) is 12.2. The standard InChI is InChI=1S/C15H15N3/c1-18(14-8-6-12(10-16)7-9-14)15-5-3-2-4-13(15)11-17/h2-9H,10,16H2,1H3. The van der Waals surface area contributed by atoms with Gasteiger partial charge in [-0.3, -0.25) is 0 Å². The zero-order valence-electron chi connectivity index (χ0n) is 10.3. The molecule has 0 atom stereocenters. The number of para-hydroxylation sites is 1. The molecule has 3 nitrogen and oxygen atoms in total. The van der Waals surface area contributed by atoms with E-state index in [0.717, 1.165) is 16.9 Å². The summed E-state index contributed by atoms with van der Waals surface area (Å²) in [5, 5.41) is 9.10. The van der Waals surface area contributed by atoms with E-state index < -0.39 is 0 Å². The van der Waals surface area contributed by atoms with Crippen LogP contribution in [0.2, 0.25) is 0 Å². The second kappa shape index (κ2) is 5.35. The number of hydrogen-bond donors (Lipinski definition) is 1. The monoisotopic (exact) mass is 237 g/mol. The van der Waals surface area contributed by atoms with Gasteiger partial charge in [0.05, 0.1) is 11.3 Å². The maximum Gasteiger partial charge on any atom is 0.101 e. The third-order valence-electron chi connectivity index (χ3n) is 2.95. The molecule has 0 saturated heterocycles. The molecule has 0 bridgehead atoms. The summed E-state index contributed by atoms with van der Waals surface area (Å²) in [6.45, 7) is 0.540. The molecule has 0 heterocycles. The lowest BCUT2D eigenvalue weighted by Gasteiger charge is -2.20. The molecule has 0 aliphatic heterocycles. The van der Waals surface area contributed by atoms with Crippen LogP contribution < -0.4 is 10.6 Å². The zero-order chi connectivity index (χ0) is 13.0. The van der Waals surface area contributed by atoms with Gasteiger partial charge in [0.15, 0.2) is 0 Å². The van der Waals surface area contributed by atoms with Crippen molar-refractivity contribution < 1.29 is 0 Å². The number of rotatable bonds is 3. The first-order valence-electron chi connectivity index (χ1n) is 5.78. The van der Waals surface area contributed by atoms with Crippen LogP contribution in [-0.4, -0.2) is 7.05 Å². The van der Waals surface area contributed by atoms with Crippen molar-refractivity contribution in [1.82, 2.24) is 0 Å². The average Bonchev–Trinajstić information content (AvgIpc) is 2.46. The first-order chi connectivity index (χ1) is 8.76. The summed E-state index contributed by atoms with van der Waals surface area (Å²) in [5.41, 5.74) is 9.28. The van der Waals surface area contributed by atoms with Gasteiger partial charge in [-0.15, -0.1) is 0 Å². The second-order valence-corrected chi connectivity index (χ2v) is 4.06. The van der Waals surface area contributed by atoms with Crippen LogP contribution in [0.25, 0.3) is 0 Å². The molecule has 0 amide bonds. The Balaban J connectivity index is 2.35. The molecule has 2 rings (SSSR count). The maximum atomic E-state index is 9.10. The zero-order valence-corrected chi connectivity index (χ0v) is 10.3. The first-order valence-corrected chi connectivity index (χ1v) is 5.78. The highest BCUT2D eigenvalue weighted by atomic mass is 15.1. The quantitative estimate of drug-likeness (QED) is 0.893. The number of hydrogen-bond acceptors (Lipinski definition) is 3. The van der Waals surface area contributed by atoms with Crippen molar-refractivity contribution in [2.75, 3.05) is 11.9 Å². The Bertz CT molecular complexity index is 567. The molecule has 0 aromatic heterocycles. The van der Waals surface area contributed by atoms with Crippen molar-refractivity contribution in [2.45, 2.75) is 6.54 Å². The van der Waals surface area contributed by atoms with Crippen LogP contribution in [0.15, 0.2) is 48.5 Å². The number of benzene rings is 2. The van der Waals surface area contributed by atoms with Crippen LogP contribution in [0.3, 0.4) is 0 Å². The molecule has 0 radical (unpaired) electrons. The highest BCUT2D eigenvalue weighted by Crippen LogP contribution is 2.26. The van der Waals surface area contributed by atoms with Gasteiger partial charge in [0.2, 0.25) is 0 Å². The molecular formula is C15H15N3. The summed E-state index contributed by atoms with van der Waals surface area (Å²) in [7, 11) is 1.95. The van der Waals surface area contributed by atoms with E-state index in [9.17, 15) is 0 Å². The van der Waals surface area contributed by atoms with Gasteiger partial charge in [0.1, 0.15) is 6.07 Å². The number of anilines is 2. The number of nitriles is 1. The summed E-state index contributed by atoms with van der Waals surface area (Å²) < 4.78 is 0. The largest absolute Gasteiger partial charge is 0.344 e. The minimum atomic E-state index is 0.540. The SMILES string of the molecule is CN(c1ccc(CN)cc1)c1ccccc1C#N. The molecule has 2 N–H and O–H groups in total. The smallest absolute Gasteiger partial charge is 0.101 e. The summed E-state index contributed by atoms with van der Waals surface area (Å²) >= 11 is 0. The number of nitrogens with two attached hydrogens (primary N) is 1. The van der Waals surface area contributed by atoms with Crippen LogP contribution in [0.1, 0.15) is 11.1 Å². The van der Waals surface area contributed by atoms with Crippen LogP contribution in [0.5, 0.6) is 0 Å².